The molecule has 9 heteroatoms. The third-order valence-electron chi connectivity index (χ3n) is 6.16. The van der Waals surface area contributed by atoms with Crippen LogP contribution in [0.25, 0.3) is 0 Å². The summed E-state index contributed by atoms with van der Waals surface area (Å²) in [5.41, 5.74) is 5.94. The van der Waals surface area contributed by atoms with E-state index < -0.39 is 14.4 Å². The van der Waals surface area contributed by atoms with Crippen LogP contribution in [0.1, 0.15) is 119 Å². The van der Waals surface area contributed by atoms with Crippen LogP contribution in [0.5, 0.6) is 0 Å². The fourth-order valence-electron chi connectivity index (χ4n) is 4.29. The summed E-state index contributed by atoms with van der Waals surface area (Å²) in [6, 6.07) is 9.42. The highest BCUT2D eigenvalue weighted by molar-refractivity contribution is 7.44. The van der Waals surface area contributed by atoms with E-state index in [9.17, 15) is 9.59 Å². The molecule has 0 aromatic heterocycles. The van der Waals surface area contributed by atoms with E-state index in [1.54, 1.807) is 24.3 Å². The Kier molecular flexibility index (Phi) is 18.7. The number of nitrogens with zero attached hydrogens (tertiary/aromatic N) is 2. The molecule has 1 aromatic rings. The first-order chi connectivity index (χ1) is 18.3. The molecule has 0 fully saturated rings. The zero-order valence-corrected chi connectivity index (χ0v) is 24.8. The molecule has 0 bridgehead atoms. The number of unbranched alkanes of at least 4 members (excludes halogenated alkanes) is 9. The average Bonchev–Trinajstić information content (AvgIpc) is 2.88. The number of hydrogen-bond donors (Lipinski definition) is 2. The summed E-state index contributed by atoms with van der Waals surface area (Å²) in [5.74, 6) is -0.832. The lowest BCUT2D eigenvalue weighted by molar-refractivity contribution is 0.0935. The third-order valence-corrected chi connectivity index (χ3v) is 8.27. The Morgan fingerprint density at radius 3 is 1.89 bits per heavy atom. The number of hydrogen-bond acceptors (Lipinski definition) is 6. The highest BCUT2D eigenvalue weighted by atomic mass is 31.2. The van der Waals surface area contributed by atoms with E-state index in [0.717, 1.165) is 25.7 Å². The van der Waals surface area contributed by atoms with Crippen LogP contribution in [0.4, 0.5) is 0 Å². The Morgan fingerprint density at radius 1 is 0.868 bits per heavy atom. The van der Waals surface area contributed by atoms with E-state index in [-0.39, 0.29) is 11.5 Å². The van der Waals surface area contributed by atoms with Crippen molar-refractivity contribution in [2.45, 2.75) is 110 Å². The molecule has 0 radical (unpaired) electrons. The highest BCUT2D eigenvalue weighted by Gasteiger charge is 2.26. The summed E-state index contributed by atoms with van der Waals surface area (Å²) < 4.78 is 14.3. The largest absolute Gasteiger partial charge is 0.366 e. The molecule has 38 heavy (non-hydrogen) atoms. The first-order valence-corrected chi connectivity index (χ1v) is 15.3. The lowest BCUT2D eigenvalue weighted by atomic mass is 10.1. The maximum Gasteiger partial charge on any atom is 0.259 e. The van der Waals surface area contributed by atoms with Crippen molar-refractivity contribution in [2.75, 3.05) is 19.8 Å². The maximum absolute atomic E-state index is 12.3. The molecule has 0 saturated heterocycles. The highest BCUT2D eigenvalue weighted by Crippen LogP contribution is 2.46. The Hall–Kier alpha value is -2.04. The fourth-order valence-corrected chi connectivity index (χ4v) is 5.92. The van der Waals surface area contributed by atoms with E-state index in [2.05, 4.69) is 43.8 Å². The van der Waals surface area contributed by atoms with Gasteiger partial charge in [-0.05, 0) is 52.7 Å². The van der Waals surface area contributed by atoms with Crippen molar-refractivity contribution in [3.8, 4) is 6.07 Å². The molecule has 2 amide bonds. The van der Waals surface area contributed by atoms with Gasteiger partial charge >= 0.3 is 0 Å². The van der Waals surface area contributed by atoms with Crippen molar-refractivity contribution >= 4 is 20.3 Å². The molecule has 0 aliphatic rings. The lowest BCUT2D eigenvalue weighted by Gasteiger charge is -2.35. The zero-order valence-electron chi connectivity index (χ0n) is 23.9. The number of benzene rings is 1. The molecule has 8 nitrogen and oxygen atoms in total. The zero-order chi connectivity index (χ0) is 28.2. The molecule has 1 atom stereocenters. The average molecular weight is 549 g/mol. The van der Waals surface area contributed by atoms with Gasteiger partial charge in [-0.3, -0.25) is 9.59 Å². The van der Waals surface area contributed by atoms with Gasteiger partial charge in [0, 0.05) is 18.6 Å². The van der Waals surface area contributed by atoms with Crippen molar-refractivity contribution < 1.29 is 18.6 Å². The fraction of sp³-hybridized carbons (Fsp3) is 0.690. The predicted octanol–water partition coefficient (Wildman–Crippen LogP) is 6.71. The maximum atomic E-state index is 12.3. The summed E-state index contributed by atoms with van der Waals surface area (Å²) in [6.07, 6.45) is 11.9. The van der Waals surface area contributed by atoms with Gasteiger partial charge in [-0.25, -0.2) is 4.67 Å². The van der Waals surface area contributed by atoms with E-state index in [4.69, 9.17) is 20.0 Å². The van der Waals surface area contributed by atoms with Crippen LogP contribution in [0.3, 0.4) is 0 Å². The summed E-state index contributed by atoms with van der Waals surface area (Å²) in [7, 11) is -1.13. The molecule has 0 heterocycles. The third kappa shape index (κ3) is 14.2. The molecule has 0 saturated carbocycles. The van der Waals surface area contributed by atoms with Gasteiger partial charge < -0.3 is 20.1 Å². The number of amides is 2. The lowest BCUT2D eigenvalue weighted by Crippen LogP contribution is -2.33. The summed E-state index contributed by atoms with van der Waals surface area (Å²) in [6.45, 7) is 10.3. The van der Waals surface area contributed by atoms with Crippen molar-refractivity contribution in [1.82, 2.24) is 9.99 Å². The standard InChI is InChI=1S/C29H49N4O4P/c1-24(2)33(25(3)4)38(37-23-17-20-30)36-22-16-12-10-8-6-5-7-9-11-15-21-32-29(35)27-19-14-13-18-26(27)28(31)34/h13-14,18-19,24-25H,5-12,15-17,21-23H2,1-4H3,(H2,31,34)(H,32,35). The Balaban J connectivity index is 2.07. The molecule has 0 spiro atoms. The number of rotatable bonds is 22. The molecule has 214 valence electrons. The molecular formula is C29H49N4O4P. The second-order valence-corrected chi connectivity index (χ2v) is 11.5. The monoisotopic (exact) mass is 548 g/mol. The number of carbonyl (C=O) groups excluding carboxylic acids is 2. The van der Waals surface area contributed by atoms with Crippen LogP contribution < -0.4 is 11.1 Å². The minimum absolute atomic E-state index is 0.245. The van der Waals surface area contributed by atoms with E-state index in [1.165, 1.54) is 38.5 Å². The van der Waals surface area contributed by atoms with Crippen LogP contribution in [-0.2, 0) is 9.05 Å². The van der Waals surface area contributed by atoms with Gasteiger partial charge in [-0.2, -0.15) is 5.26 Å². The van der Waals surface area contributed by atoms with Gasteiger partial charge in [-0.1, -0.05) is 63.5 Å². The van der Waals surface area contributed by atoms with Gasteiger partial charge in [0.05, 0.1) is 36.8 Å². The molecule has 1 unspecified atom stereocenters. The Morgan fingerprint density at radius 2 is 1.37 bits per heavy atom. The second kappa shape index (κ2) is 20.9. The molecule has 0 aliphatic heterocycles. The molecule has 3 N–H and O–H groups in total. The second-order valence-electron chi connectivity index (χ2n) is 10.1. The van der Waals surface area contributed by atoms with Crippen molar-refractivity contribution in [1.29, 1.82) is 5.26 Å². The first-order valence-electron chi connectivity index (χ1n) is 14.2. The summed E-state index contributed by atoms with van der Waals surface area (Å²) >= 11 is 0. The van der Waals surface area contributed by atoms with Crippen LogP contribution in [0, 0.1) is 11.3 Å². The van der Waals surface area contributed by atoms with Gasteiger partial charge in [0.1, 0.15) is 0 Å². The number of primary amides is 1. The molecule has 0 aliphatic carbocycles. The molecular weight excluding hydrogens is 499 g/mol. The summed E-state index contributed by atoms with van der Waals surface area (Å²) in [5, 5.41) is 11.7. The van der Waals surface area contributed by atoms with E-state index in [0.29, 0.717) is 43.8 Å². The number of nitrogens with two attached hydrogens (primary N) is 1. The van der Waals surface area contributed by atoms with E-state index >= 15 is 0 Å². The Labute approximate surface area is 231 Å². The summed E-state index contributed by atoms with van der Waals surface area (Å²) in [4.78, 5) is 23.8. The van der Waals surface area contributed by atoms with Gasteiger partial charge in [-0.15, -0.1) is 0 Å². The van der Waals surface area contributed by atoms with Crippen LogP contribution in [0.2, 0.25) is 0 Å². The van der Waals surface area contributed by atoms with Gasteiger partial charge in [0.25, 0.3) is 14.4 Å². The van der Waals surface area contributed by atoms with Crippen LogP contribution in [-0.4, -0.2) is 48.3 Å². The number of carbonyl (C=O) groups is 2. The first kappa shape index (κ1) is 34.0. The van der Waals surface area contributed by atoms with Gasteiger partial charge in [0.15, 0.2) is 0 Å². The normalized spacial score (nSPS) is 12.2. The number of nitriles is 1. The number of nitrogens with one attached hydrogen (secondary N) is 1. The van der Waals surface area contributed by atoms with Crippen molar-refractivity contribution in [3.63, 3.8) is 0 Å². The van der Waals surface area contributed by atoms with Crippen LogP contribution in [0.15, 0.2) is 24.3 Å². The van der Waals surface area contributed by atoms with E-state index in [1.807, 2.05) is 0 Å². The van der Waals surface area contributed by atoms with Gasteiger partial charge in [0.2, 0.25) is 5.91 Å². The van der Waals surface area contributed by atoms with Crippen LogP contribution >= 0.6 is 8.53 Å². The molecule has 1 rings (SSSR count). The SMILES string of the molecule is CC(C)N(C(C)C)P(OCCC#N)OCCCCCCCCCCCCNC(=O)c1ccccc1C(N)=O. The topological polar surface area (TPSA) is 118 Å². The quantitative estimate of drug-likeness (QED) is 0.123. The Bertz CT molecular complexity index is 836. The van der Waals surface area contributed by atoms with Crippen molar-refractivity contribution in [3.05, 3.63) is 35.4 Å². The minimum atomic E-state index is -1.13. The smallest absolute Gasteiger partial charge is 0.259 e. The van der Waals surface area contributed by atoms with Crippen molar-refractivity contribution in [2.24, 2.45) is 5.73 Å². The minimum Gasteiger partial charge on any atom is -0.366 e. The molecule has 1 aromatic carbocycles. The predicted molar refractivity (Wildman–Crippen MR) is 155 cm³/mol.